The van der Waals surface area contributed by atoms with Crippen LogP contribution in [0.4, 0.5) is 21.6 Å². The fourth-order valence-corrected chi connectivity index (χ4v) is 3.63. The summed E-state index contributed by atoms with van der Waals surface area (Å²) in [5.41, 5.74) is 2.30. The summed E-state index contributed by atoms with van der Waals surface area (Å²) in [4.78, 5) is 21.6. The number of aromatic nitrogens is 1. The van der Waals surface area contributed by atoms with E-state index in [1.165, 1.54) is 0 Å². The van der Waals surface area contributed by atoms with Crippen molar-refractivity contribution < 1.29 is 19.0 Å². The van der Waals surface area contributed by atoms with Gasteiger partial charge in [0.2, 0.25) is 0 Å². The van der Waals surface area contributed by atoms with Gasteiger partial charge in [0.05, 0.1) is 0 Å². The van der Waals surface area contributed by atoms with E-state index in [2.05, 4.69) is 20.1 Å². The summed E-state index contributed by atoms with van der Waals surface area (Å²) in [5, 5.41) is 12.1. The van der Waals surface area contributed by atoms with Gasteiger partial charge in [-0.2, -0.15) is 0 Å². The first-order chi connectivity index (χ1) is 16.1. The number of amides is 1. The zero-order valence-corrected chi connectivity index (χ0v) is 18.2. The first-order valence-electron chi connectivity index (χ1n) is 10.9. The number of halogens is 1. The molecule has 0 spiro atoms. The summed E-state index contributed by atoms with van der Waals surface area (Å²) >= 11 is 0. The molecule has 1 atom stereocenters. The highest BCUT2D eigenvalue weighted by Gasteiger charge is 2.18. The van der Waals surface area contributed by atoms with Crippen LogP contribution in [0.5, 0.6) is 5.75 Å². The maximum absolute atomic E-state index is 12.5. The van der Waals surface area contributed by atoms with E-state index in [0.29, 0.717) is 17.0 Å². The van der Waals surface area contributed by atoms with Crippen molar-refractivity contribution in [3.63, 3.8) is 0 Å². The summed E-state index contributed by atoms with van der Waals surface area (Å²) in [6, 6.07) is 20.3. The summed E-state index contributed by atoms with van der Waals surface area (Å²) in [6.45, 7) is 2.62. The van der Waals surface area contributed by atoms with E-state index in [1.54, 1.807) is 24.3 Å². The smallest absolute Gasteiger partial charge is 0.255 e. The standard InChI is InChI=1S/C25H27FN4O3/c26-17-22(31)18-33-23-10-4-19(5-11-23)25(32)28-20-6-8-21(9-7-20)29-13-15-30(16-14-29)24-3-1-2-12-27-24/h1-12,22,31H,13-18H2,(H,28,32). The Morgan fingerprint density at radius 3 is 2.33 bits per heavy atom. The third kappa shape index (κ3) is 5.98. The molecule has 0 saturated carbocycles. The number of carbonyl (C=O) groups is 1. The summed E-state index contributed by atoms with van der Waals surface area (Å²) in [7, 11) is 0. The van der Waals surface area contributed by atoms with Gasteiger partial charge in [-0.15, -0.1) is 0 Å². The zero-order valence-electron chi connectivity index (χ0n) is 18.2. The molecule has 3 aromatic rings. The molecular formula is C25H27FN4O3. The second-order valence-electron chi connectivity index (χ2n) is 7.81. The third-order valence-corrected chi connectivity index (χ3v) is 5.48. The number of hydrogen-bond donors (Lipinski definition) is 2. The van der Waals surface area contributed by atoms with Crippen molar-refractivity contribution >= 4 is 23.1 Å². The fourth-order valence-electron chi connectivity index (χ4n) is 3.63. The molecular weight excluding hydrogens is 423 g/mol. The molecule has 8 heteroatoms. The molecule has 1 fully saturated rings. The molecule has 0 aliphatic carbocycles. The number of pyridine rings is 1. The van der Waals surface area contributed by atoms with Crippen molar-refractivity contribution in [1.29, 1.82) is 0 Å². The highest BCUT2D eigenvalue weighted by Crippen LogP contribution is 2.22. The van der Waals surface area contributed by atoms with Crippen LogP contribution in [0.25, 0.3) is 0 Å². The number of piperazine rings is 1. The van der Waals surface area contributed by atoms with Crippen LogP contribution in [0.2, 0.25) is 0 Å². The van der Waals surface area contributed by atoms with Crippen LogP contribution in [0.15, 0.2) is 72.9 Å². The van der Waals surface area contributed by atoms with Gasteiger partial charge < -0.3 is 25.0 Å². The van der Waals surface area contributed by atoms with E-state index < -0.39 is 12.8 Å². The Kier molecular flexibility index (Phi) is 7.36. The highest BCUT2D eigenvalue weighted by atomic mass is 19.1. The number of aliphatic hydroxyl groups is 1. The van der Waals surface area contributed by atoms with Gasteiger partial charge in [0.25, 0.3) is 5.91 Å². The molecule has 33 heavy (non-hydrogen) atoms. The molecule has 7 nitrogen and oxygen atoms in total. The van der Waals surface area contributed by atoms with Crippen LogP contribution in [0.3, 0.4) is 0 Å². The van der Waals surface area contributed by atoms with Crippen molar-refractivity contribution in [2.75, 3.05) is 54.6 Å². The van der Waals surface area contributed by atoms with E-state index in [4.69, 9.17) is 4.74 Å². The van der Waals surface area contributed by atoms with Crippen LogP contribution >= 0.6 is 0 Å². The number of hydrogen-bond acceptors (Lipinski definition) is 6. The maximum Gasteiger partial charge on any atom is 0.255 e. The molecule has 1 aliphatic rings. The molecule has 0 radical (unpaired) electrons. The minimum Gasteiger partial charge on any atom is -0.491 e. The Hall–Kier alpha value is -3.65. The monoisotopic (exact) mass is 450 g/mol. The lowest BCUT2D eigenvalue weighted by Gasteiger charge is -2.36. The van der Waals surface area contributed by atoms with Gasteiger partial charge in [0.1, 0.15) is 31.0 Å². The average molecular weight is 451 g/mol. The summed E-state index contributed by atoms with van der Waals surface area (Å²) < 4.78 is 17.6. The number of aliphatic hydroxyl groups excluding tert-OH is 1. The fraction of sp³-hybridized carbons (Fsp3) is 0.280. The first-order valence-corrected chi connectivity index (χ1v) is 10.9. The highest BCUT2D eigenvalue weighted by molar-refractivity contribution is 6.04. The van der Waals surface area contributed by atoms with Crippen molar-refractivity contribution in [3.05, 3.63) is 78.5 Å². The molecule has 1 amide bonds. The number of ether oxygens (including phenoxy) is 1. The molecule has 1 saturated heterocycles. The number of nitrogens with zero attached hydrogens (tertiary/aromatic N) is 3. The van der Waals surface area contributed by atoms with Gasteiger partial charge in [-0.1, -0.05) is 6.07 Å². The van der Waals surface area contributed by atoms with Gasteiger partial charge in [-0.25, -0.2) is 9.37 Å². The normalized spacial score (nSPS) is 14.6. The Balaban J connectivity index is 1.28. The minimum atomic E-state index is -1.15. The summed E-state index contributed by atoms with van der Waals surface area (Å²) in [6.07, 6.45) is 0.665. The topological polar surface area (TPSA) is 77.9 Å². The largest absolute Gasteiger partial charge is 0.491 e. The molecule has 1 aromatic heterocycles. The van der Waals surface area contributed by atoms with Crippen molar-refractivity contribution in [1.82, 2.24) is 4.98 Å². The third-order valence-electron chi connectivity index (χ3n) is 5.48. The number of nitrogens with one attached hydrogen (secondary N) is 1. The van der Waals surface area contributed by atoms with Gasteiger partial charge in [0.15, 0.2) is 0 Å². The molecule has 0 bridgehead atoms. The van der Waals surface area contributed by atoms with Crippen LogP contribution in [-0.4, -0.2) is 61.6 Å². The molecule has 2 heterocycles. The Bertz CT molecular complexity index is 1020. The van der Waals surface area contributed by atoms with E-state index in [-0.39, 0.29) is 12.5 Å². The van der Waals surface area contributed by atoms with Crippen LogP contribution in [0.1, 0.15) is 10.4 Å². The molecule has 172 valence electrons. The molecule has 1 aliphatic heterocycles. The second kappa shape index (κ2) is 10.8. The van der Waals surface area contributed by atoms with E-state index in [1.807, 2.05) is 48.7 Å². The minimum absolute atomic E-state index is 0.132. The number of alkyl halides is 1. The molecule has 2 aromatic carbocycles. The van der Waals surface area contributed by atoms with E-state index in [9.17, 15) is 14.3 Å². The van der Waals surface area contributed by atoms with E-state index in [0.717, 1.165) is 37.7 Å². The first kappa shape index (κ1) is 22.5. The van der Waals surface area contributed by atoms with Crippen molar-refractivity contribution in [3.8, 4) is 5.75 Å². The SMILES string of the molecule is O=C(Nc1ccc(N2CCN(c3ccccn3)CC2)cc1)c1ccc(OCC(O)CF)cc1. The Labute approximate surface area is 192 Å². The lowest BCUT2D eigenvalue weighted by atomic mass is 10.2. The lowest BCUT2D eigenvalue weighted by Crippen LogP contribution is -2.46. The van der Waals surface area contributed by atoms with Crippen molar-refractivity contribution in [2.45, 2.75) is 6.10 Å². The van der Waals surface area contributed by atoms with Gasteiger partial charge >= 0.3 is 0 Å². The summed E-state index contributed by atoms with van der Waals surface area (Å²) in [5.74, 6) is 1.24. The second-order valence-corrected chi connectivity index (χ2v) is 7.81. The lowest BCUT2D eigenvalue weighted by molar-refractivity contribution is 0.0841. The van der Waals surface area contributed by atoms with E-state index >= 15 is 0 Å². The zero-order chi connectivity index (χ0) is 23.0. The van der Waals surface area contributed by atoms with Crippen LogP contribution in [0, 0.1) is 0 Å². The average Bonchev–Trinajstić information content (AvgIpc) is 2.88. The van der Waals surface area contributed by atoms with Crippen LogP contribution in [-0.2, 0) is 0 Å². The quantitative estimate of drug-likeness (QED) is 0.548. The number of carbonyl (C=O) groups excluding carboxylic acids is 1. The predicted molar refractivity (Wildman–Crippen MR) is 127 cm³/mol. The Morgan fingerprint density at radius 2 is 1.70 bits per heavy atom. The molecule has 1 unspecified atom stereocenters. The molecule has 2 N–H and O–H groups in total. The number of benzene rings is 2. The maximum atomic E-state index is 12.5. The molecule has 4 rings (SSSR count). The van der Waals surface area contributed by atoms with Gasteiger partial charge in [-0.05, 0) is 60.7 Å². The number of anilines is 3. The van der Waals surface area contributed by atoms with Crippen molar-refractivity contribution in [2.24, 2.45) is 0 Å². The van der Waals surface area contributed by atoms with Gasteiger partial charge in [-0.3, -0.25) is 4.79 Å². The Morgan fingerprint density at radius 1 is 1.00 bits per heavy atom. The van der Waals surface area contributed by atoms with Crippen LogP contribution < -0.4 is 19.9 Å². The number of rotatable bonds is 8. The van der Waals surface area contributed by atoms with Gasteiger partial charge in [0, 0.05) is 49.3 Å². The predicted octanol–water partition coefficient (Wildman–Crippen LogP) is 3.37.